The molecule has 3 heteroatoms. The summed E-state index contributed by atoms with van der Waals surface area (Å²) in [7, 11) is 0. The molecule has 2 rings (SSSR count). The van der Waals surface area contributed by atoms with Crippen LogP contribution in [0.1, 0.15) is 30.9 Å². The molecule has 0 amide bonds. The number of aryl methyl sites for hydroxylation is 1. The van der Waals surface area contributed by atoms with Crippen LogP contribution in [0.25, 0.3) is 0 Å². The normalized spacial score (nSPS) is 10.5. The molecule has 0 radical (unpaired) electrons. The second-order valence-corrected chi connectivity index (χ2v) is 5.36. The van der Waals surface area contributed by atoms with Crippen molar-refractivity contribution in [3.63, 3.8) is 0 Å². The van der Waals surface area contributed by atoms with Gasteiger partial charge in [-0.2, -0.15) is 0 Å². The summed E-state index contributed by atoms with van der Waals surface area (Å²) < 4.78 is 0. The van der Waals surface area contributed by atoms with Gasteiger partial charge in [-0.25, -0.2) is 0 Å². The van der Waals surface area contributed by atoms with Gasteiger partial charge in [0, 0.05) is 22.8 Å². The molecule has 0 atom stereocenters. The highest BCUT2D eigenvalue weighted by molar-refractivity contribution is 6.30. The van der Waals surface area contributed by atoms with Gasteiger partial charge in [0.25, 0.3) is 0 Å². The maximum atomic E-state index is 9.76. The molecular weight excluding hydrogens is 270 g/mol. The first kappa shape index (κ1) is 14.7. The molecule has 0 spiro atoms. The van der Waals surface area contributed by atoms with Crippen LogP contribution in [0.15, 0.2) is 42.5 Å². The van der Waals surface area contributed by atoms with Crippen molar-refractivity contribution in [3.8, 4) is 5.75 Å². The van der Waals surface area contributed by atoms with Crippen LogP contribution >= 0.6 is 11.6 Å². The van der Waals surface area contributed by atoms with Gasteiger partial charge in [-0.1, -0.05) is 37.1 Å². The van der Waals surface area contributed by atoms with E-state index in [1.54, 1.807) is 18.2 Å². The van der Waals surface area contributed by atoms with E-state index >= 15 is 0 Å². The summed E-state index contributed by atoms with van der Waals surface area (Å²) in [5, 5.41) is 13.7. The molecule has 0 heterocycles. The molecule has 0 aliphatic rings. The average molecular weight is 290 g/mol. The minimum Gasteiger partial charge on any atom is -0.508 e. The van der Waals surface area contributed by atoms with E-state index in [4.69, 9.17) is 11.6 Å². The van der Waals surface area contributed by atoms with E-state index < -0.39 is 0 Å². The quantitative estimate of drug-likeness (QED) is 0.784. The van der Waals surface area contributed by atoms with Crippen LogP contribution in [0.2, 0.25) is 5.02 Å². The zero-order valence-corrected chi connectivity index (χ0v) is 12.5. The van der Waals surface area contributed by atoms with Crippen LogP contribution < -0.4 is 5.32 Å². The fourth-order valence-corrected chi connectivity index (χ4v) is 2.26. The van der Waals surface area contributed by atoms with E-state index in [0.29, 0.717) is 11.6 Å². The Morgan fingerprint density at radius 1 is 1.10 bits per heavy atom. The third-order valence-corrected chi connectivity index (χ3v) is 3.53. The largest absolute Gasteiger partial charge is 0.508 e. The molecule has 106 valence electrons. The number of hydrogen-bond donors (Lipinski definition) is 2. The van der Waals surface area contributed by atoms with Gasteiger partial charge in [-0.05, 0) is 48.7 Å². The summed E-state index contributed by atoms with van der Waals surface area (Å²) in [6.45, 7) is 2.76. The molecule has 0 aliphatic carbocycles. The van der Waals surface area contributed by atoms with E-state index in [2.05, 4.69) is 36.5 Å². The van der Waals surface area contributed by atoms with Crippen LogP contribution in [0.3, 0.4) is 0 Å². The molecular formula is C17H20ClNO. The summed E-state index contributed by atoms with van der Waals surface area (Å²) in [5.41, 5.74) is 3.21. The smallest absolute Gasteiger partial charge is 0.120 e. The van der Waals surface area contributed by atoms with Crippen molar-refractivity contribution in [2.75, 3.05) is 5.32 Å². The molecule has 0 saturated carbocycles. The summed E-state index contributed by atoms with van der Waals surface area (Å²) in [5.74, 6) is 0.265. The fraction of sp³-hybridized carbons (Fsp3) is 0.294. The molecule has 2 nitrogen and oxygen atoms in total. The van der Waals surface area contributed by atoms with Crippen molar-refractivity contribution in [2.24, 2.45) is 0 Å². The number of benzene rings is 2. The Hall–Kier alpha value is -1.67. The number of rotatable bonds is 6. The molecule has 20 heavy (non-hydrogen) atoms. The second kappa shape index (κ2) is 7.20. The average Bonchev–Trinajstić information content (AvgIpc) is 2.47. The summed E-state index contributed by atoms with van der Waals surface area (Å²) in [6, 6.07) is 13.5. The molecule has 2 aromatic rings. The van der Waals surface area contributed by atoms with Crippen molar-refractivity contribution in [1.29, 1.82) is 0 Å². The first-order valence-corrected chi connectivity index (χ1v) is 7.37. The fourth-order valence-electron chi connectivity index (χ4n) is 2.06. The first-order chi connectivity index (χ1) is 9.69. The second-order valence-electron chi connectivity index (χ2n) is 4.93. The maximum Gasteiger partial charge on any atom is 0.120 e. The van der Waals surface area contributed by atoms with Crippen LogP contribution in [-0.4, -0.2) is 5.11 Å². The van der Waals surface area contributed by atoms with Gasteiger partial charge in [0.05, 0.1) is 0 Å². The highest BCUT2D eigenvalue weighted by Crippen LogP contribution is 2.22. The zero-order chi connectivity index (χ0) is 14.4. The van der Waals surface area contributed by atoms with Crippen LogP contribution in [0.4, 0.5) is 5.69 Å². The molecule has 0 aliphatic heterocycles. The van der Waals surface area contributed by atoms with Gasteiger partial charge in [-0.15, -0.1) is 0 Å². The highest BCUT2D eigenvalue weighted by atomic mass is 35.5. The Bertz CT molecular complexity index is 551. The van der Waals surface area contributed by atoms with E-state index in [1.165, 1.54) is 18.4 Å². The number of phenols is 1. The minimum atomic E-state index is 0.265. The summed E-state index contributed by atoms with van der Waals surface area (Å²) in [4.78, 5) is 0. The van der Waals surface area contributed by atoms with Gasteiger partial charge in [0.1, 0.15) is 5.75 Å². The monoisotopic (exact) mass is 289 g/mol. The number of anilines is 1. The standard InChI is InChI=1S/C17H20ClNO/c1-2-3-4-13-5-8-16(9-6-13)19-12-14-11-15(18)7-10-17(14)20/h5-11,19-20H,2-4,12H2,1H3. The van der Waals surface area contributed by atoms with Crippen molar-refractivity contribution in [3.05, 3.63) is 58.6 Å². The van der Waals surface area contributed by atoms with Gasteiger partial charge in [0.15, 0.2) is 0 Å². The highest BCUT2D eigenvalue weighted by Gasteiger charge is 2.02. The Morgan fingerprint density at radius 3 is 2.55 bits per heavy atom. The molecule has 0 saturated heterocycles. The van der Waals surface area contributed by atoms with Gasteiger partial charge < -0.3 is 10.4 Å². The van der Waals surface area contributed by atoms with Crippen LogP contribution in [0, 0.1) is 0 Å². The lowest BCUT2D eigenvalue weighted by atomic mass is 10.1. The van der Waals surface area contributed by atoms with Gasteiger partial charge >= 0.3 is 0 Å². The van der Waals surface area contributed by atoms with E-state index in [0.717, 1.165) is 17.7 Å². The molecule has 0 fully saturated rings. The molecule has 2 N–H and O–H groups in total. The Kier molecular flexibility index (Phi) is 5.31. The maximum absolute atomic E-state index is 9.76. The van der Waals surface area contributed by atoms with Gasteiger partial charge in [0.2, 0.25) is 0 Å². The predicted molar refractivity (Wildman–Crippen MR) is 85.5 cm³/mol. The van der Waals surface area contributed by atoms with Gasteiger partial charge in [-0.3, -0.25) is 0 Å². The van der Waals surface area contributed by atoms with E-state index in [9.17, 15) is 5.11 Å². The Labute approximate surface area is 125 Å². The number of unbranched alkanes of at least 4 members (excludes halogenated alkanes) is 1. The Morgan fingerprint density at radius 2 is 1.85 bits per heavy atom. The van der Waals surface area contributed by atoms with E-state index in [-0.39, 0.29) is 5.75 Å². The van der Waals surface area contributed by atoms with Crippen molar-refractivity contribution >= 4 is 17.3 Å². The van der Waals surface area contributed by atoms with E-state index in [1.807, 2.05) is 0 Å². The minimum absolute atomic E-state index is 0.265. The number of phenolic OH excluding ortho intramolecular Hbond substituents is 1. The Balaban J connectivity index is 1.95. The third-order valence-electron chi connectivity index (χ3n) is 3.30. The molecule has 2 aromatic carbocycles. The SMILES string of the molecule is CCCCc1ccc(NCc2cc(Cl)ccc2O)cc1. The number of hydrogen-bond acceptors (Lipinski definition) is 2. The van der Waals surface area contributed by atoms with Crippen LogP contribution in [-0.2, 0) is 13.0 Å². The predicted octanol–water partition coefficient (Wildman–Crippen LogP) is 5.00. The topological polar surface area (TPSA) is 32.3 Å². The summed E-state index contributed by atoms with van der Waals surface area (Å²) >= 11 is 5.93. The molecule has 0 unspecified atom stereocenters. The molecule has 0 aromatic heterocycles. The lowest BCUT2D eigenvalue weighted by Crippen LogP contribution is -1.99. The lowest BCUT2D eigenvalue weighted by molar-refractivity contribution is 0.469. The third kappa shape index (κ3) is 4.17. The first-order valence-electron chi connectivity index (χ1n) is 6.99. The van der Waals surface area contributed by atoms with Crippen molar-refractivity contribution in [1.82, 2.24) is 0 Å². The number of nitrogens with one attached hydrogen (secondary N) is 1. The van der Waals surface area contributed by atoms with Crippen LogP contribution in [0.5, 0.6) is 5.75 Å². The van der Waals surface area contributed by atoms with Crippen molar-refractivity contribution < 1.29 is 5.11 Å². The van der Waals surface area contributed by atoms with Crippen molar-refractivity contribution in [2.45, 2.75) is 32.7 Å². The number of aromatic hydroxyl groups is 1. The molecule has 0 bridgehead atoms. The summed E-state index contributed by atoms with van der Waals surface area (Å²) in [6.07, 6.45) is 3.57. The lowest BCUT2D eigenvalue weighted by Gasteiger charge is -2.09. The zero-order valence-electron chi connectivity index (χ0n) is 11.7. The number of halogens is 1.